The Morgan fingerprint density at radius 2 is 1.75 bits per heavy atom. The molecule has 1 saturated heterocycles. The van der Waals surface area contributed by atoms with E-state index in [2.05, 4.69) is 38.2 Å². The van der Waals surface area contributed by atoms with Gasteiger partial charge in [-0.3, -0.25) is 0 Å². The Morgan fingerprint density at radius 3 is 2.12 bits per heavy atom. The van der Waals surface area contributed by atoms with Crippen LogP contribution in [-0.2, 0) is 10.2 Å². The molecule has 16 heavy (non-hydrogen) atoms. The van der Waals surface area contributed by atoms with E-state index in [-0.39, 0.29) is 5.41 Å². The minimum absolute atomic E-state index is 0.205. The molecule has 0 aromatic heterocycles. The van der Waals surface area contributed by atoms with Gasteiger partial charge in [-0.1, -0.05) is 17.7 Å². The maximum absolute atomic E-state index is 5.45. The van der Waals surface area contributed by atoms with Gasteiger partial charge in [-0.25, -0.2) is 0 Å². The zero-order valence-corrected chi connectivity index (χ0v) is 10.7. The van der Waals surface area contributed by atoms with Crippen molar-refractivity contribution < 1.29 is 4.74 Å². The van der Waals surface area contributed by atoms with E-state index in [1.807, 2.05) is 7.05 Å². The van der Waals surface area contributed by atoms with Gasteiger partial charge in [-0.2, -0.15) is 0 Å². The molecule has 0 atom stereocenters. The first kappa shape index (κ1) is 11.6. The summed E-state index contributed by atoms with van der Waals surface area (Å²) in [6.07, 6.45) is 0. The van der Waals surface area contributed by atoms with Gasteiger partial charge >= 0.3 is 0 Å². The average molecular weight is 219 g/mol. The lowest BCUT2D eigenvalue weighted by Gasteiger charge is -2.43. The Bertz CT molecular complexity index is 371. The highest BCUT2D eigenvalue weighted by atomic mass is 16.5. The van der Waals surface area contributed by atoms with Gasteiger partial charge < -0.3 is 10.1 Å². The maximum atomic E-state index is 5.45. The standard InChI is InChI=1S/C14H21NO/c1-10-5-11(2)13(12(3)6-10)14(7-15-4)8-16-9-14/h5-6,15H,7-9H2,1-4H3. The predicted molar refractivity (Wildman–Crippen MR) is 67.1 cm³/mol. The summed E-state index contributed by atoms with van der Waals surface area (Å²) in [4.78, 5) is 0. The quantitative estimate of drug-likeness (QED) is 0.840. The number of benzene rings is 1. The lowest BCUT2D eigenvalue weighted by atomic mass is 9.74. The lowest BCUT2D eigenvalue weighted by molar-refractivity contribution is -0.0588. The largest absolute Gasteiger partial charge is 0.379 e. The van der Waals surface area contributed by atoms with Crippen LogP contribution in [0.1, 0.15) is 22.3 Å². The molecule has 1 aromatic rings. The smallest absolute Gasteiger partial charge is 0.0598 e. The summed E-state index contributed by atoms with van der Waals surface area (Å²) >= 11 is 0. The van der Waals surface area contributed by atoms with Crippen LogP contribution in [-0.4, -0.2) is 26.8 Å². The normalized spacial score (nSPS) is 18.2. The van der Waals surface area contributed by atoms with Gasteiger partial charge in [0.1, 0.15) is 0 Å². The van der Waals surface area contributed by atoms with Gasteiger partial charge in [0.2, 0.25) is 0 Å². The van der Waals surface area contributed by atoms with Crippen molar-refractivity contribution in [2.24, 2.45) is 0 Å². The molecule has 0 saturated carbocycles. The highest BCUT2D eigenvalue weighted by Crippen LogP contribution is 2.36. The zero-order valence-electron chi connectivity index (χ0n) is 10.7. The van der Waals surface area contributed by atoms with E-state index in [1.165, 1.54) is 22.3 Å². The van der Waals surface area contributed by atoms with Crippen LogP contribution in [0.4, 0.5) is 0 Å². The predicted octanol–water partition coefficient (Wildman–Crippen LogP) is 2.10. The van der Waals surface area contributed by atoms with Gasteiger partial charge in [0.25, 0.3) is 0 Å². The van der Waals surface area contributed by atoms with E-state index in [4.69, 9.17) is 4.74 Å². The highest BCUT2D eigenvalue weighted by Gasteiger charge is 2.41. The number of likely N-dealkylation sites (N-methyl/N-ethyl adjacent to an activating group) is 1. The second-order valence-electron chi connectivity index (χ2n) is 5.08. The Hall–Kier alpha value is -0.860. The summed E-state index contributed by atoms with van der Waals surface area (Å²) in [5.41, 5.74) is 5.83. The summed E-state index contributed by atoms with van der Waals surface area (Å²) < 4.78 is 5.45. The van der Waals surface area contributed by atoms with E-state index in [0.29, 0.717) is 0 Å². The van der Waals surface area contributed by atoms with E-state index in [1.54, 1.807) is 0 Å². The highest BCUT2D eigenvalue weighted by molar-refractivity contribution is 5.44. The number of rotatable bonds is 3. The van der Waals surface area contributed by atoms with Crippen LogP contribution in [0.3, 0.4) is 0 Å². The van der Waals surface area contributed by atoms with E-state index >= 15 is 0 Å². The van der Waals surface area contributed by atoms with Crippen LogP contribution in [0.5, 0.6) is 0 Å². The van der Waals surface area contributed by atoms with E-state index in [0.717, 1.165) is 19.8 Å². The molecule has 0 unspecified atom stereocenters. The molecular weight excluding hydrogens is 198 g/mol. The first-order valence-corrected chi connectivity index (χ1v) is 5.90. The maximum Gasteiger partial charge on any atom is 0.0598 e. The van der Waals surface area contributed by atoms with Crippen molar-refractivity contribution in [1.82, 2.24) is 5.32 Å². The molecule has 1 N–H and O–H groups in total. The van der Waals surface area contributed by atoms with Crippen molar-refractivity contribution in [3.8, 4) is 0 Å². The molecule has 0 aliphatic carbocycles. The topological polar surface area (TPSA) is 21.3 Å². The van der Waals surface area contributed by atoms with Gasteiger partial charge in [0.05, 0.1) is 18.6 Å². The molecular formula is C14H21NO. The number of hydrogen-bond acceptors (Lipinski definition) is 2. The third-order valence-electron chi connectivity index (χ3n) is 3.48. The van der Waals surface area contributed by atoms with Gasteiger partial charge in [-0.15, -0.1) is 0 Å². The lowest BCUT2D eigenvalue weighted by Crippen LogP contribution is -2.53. The number of hydrogen-bond donors (Lipinski definition) is 1. The first-order valence-electron chi connectivity index (χ1n) is 5.90. The Balaban J connectivity index is 2.46. The fourth-order valence-electron chi connectivity index (χ4n) is 3.04. The number of ether oxygens (including phenoxy) is 1. The van der Waals surface area contributed by atoms with Crippen LogP contribution in [0.15, 0.2) is 12.1 Å². The Labute approximate surface area is 98.0 Å². The molecule has 88 valence electrons. The summed E-state index contributed by atoms with van der Waals surface area (Å²) in [5.74, 6) is 0. The van der Waals surface area contributed by atoms with Crippen molar-refractivity contribution in [3.05, 3.63) is 34.4 Å². The summed E-state index contributed by atoms with van der Waals surface area (Å²) in [5, 5.41) is 3.30. The van der Waals surface area contributed by atoms with E-state index in [9.17, 15) is 0 Å². The molecule has 2 nitrogen and oxygen atoms in total. The first-order chi connectivity index (χ1) is 7.59. The molecule has 0 radical (unpaired) electrons. The van der Waals surface area contributed by atoms with Crippen LogP contribution in [0.2, 0.25) is 0 Å². The zero-order chi connectivity index (χ0) is 11.8. The van der Waals surface area contributed by atoms with E-state index < -0.39 is 0 Å². The van der Waals surface area contributed by atoms with Crippen LogP contribution < -0.4 is 5.32 Å². The van der Waals surface area contributed by atoms with Crippen molar-refractivity contribution >= 4 is 0 Å². The fraction of sp³-hybridized carbons (Fsp3) is 0.571. The molecule has 0 spiro atoms. The fourth-order valence-corrected chi connectivity index (χ4v) is 3.04. The van der Waals surface area contributed by atoms with Crippen molar-refractivity contribution in [1.29, 1.82) is 0 Å². The second-order valence-corrected chi connectivity index (χ2v) is 5.08. The summed E-state index contributed by atoms with van der Waals surface area (Å²) in [6, 6.07) is 4.55. The third-order valence-corrected chi connectivity index (χ3v) is 3.48. The SMILES string of the molecule is CNCC1(c2c(C)cc(C)cc2C)COC1. The summed E-state index contributed by atoms with van der Waals surface area (Å²) in [6.45, 7) is 9.27. The van der Waals surface area contributed by atoms with Gasteiger partial charge in [0, 0.05) is 6.54 Å². The molecule has 0 amide bonds. The molecule has 2 rings (SSSR count). The molecule has 0 bridgehead atoms. The van der Waals surface area contributed by atoms with Crippen LogP contribution >= 0.6 is 0 Å². The number of nitrogens with one attached hydrogen (secondary N) is 1. The van der Waals surface area contributed by atoms with Gasteiger partial charge in [0.15, 0.2) is 0 Å². The van der Waals surface area contributed by atoms with Crippen molar-refractivity contribution in [2.45, 2.75) is 26.2 Å². The molecule has 1 aliphatic heterocycles. The number of aryl methyl sites for hydroxylation is 3. The minimum Gasteiger partial charge on any atom is -0.379 e. The van der Waals surface area contributed by atoms with Gasteiger partial charge in [-0.05, 0) is 44.5 Å². The molecule has 2 heteroatoms. The Morgan fingerprint density at radius 1 is 1.19 bits per heavy atom. The monoisotopic (exact) mass is 219 g/mol. The van der Waals surface area contributed by atoms with Crippen LogP contribution in [0.25, 0.3) is 0 Å². The molecule has 1 heterocycles. The third kappa shape index (κ3) is 1.76. The average Bonchev–Trinajstić information content (AvgIpc) is 2.12. The molecule has 1 aliphatic rings. The van der Waals surface area contributed by atoms with Crippen molar-refractivity contribution in [2.75, 3.05) is 26.8 Å². The second kappa shape index (κ2) is 4.19. The summed E-state index contributed by atoms with van der Waals surface area (Å²) in [7, 11) is 2.01. The van der Waals surface area contributed by atoms with Crippen molar-refractivity contribution in [3.63, 3.8) is 0 Å². The molecule has 1 aromatic carbocycles. The van der Waals surface area contributed by atoms with Crippen LogP contribution in [0, 0.1) is 20.8 Å². The Kier molecular flexibility index (Phi) is 3.04. The minimum atomic E-state index is 0.205. The molecule has 1 fully saturated rings.